The van der Waals surface area contributed by atoms with Crippen molar-refractivity contribution in [3.05, 3.63) is 70.1 Å². The lowest BCUT2D eigenvalue weighted by Gasteiger charge is -2.24. The number of amides is 1. The average molecular weight is 407 g/mol. The SMILES string of the molecule is Cc1nnnn1-c1ccccc1C(=O)N[C@@H]1CCCc2c1[nH]c1c(Cl)cccc21. The molecule has 0 saturated heterocycles. The van der Waals surface area contributed by atoms with E-state index < -0.39 is 0 Å². The van der Waals surface area contributed by atoms with E-state index in [0.717, 1.165) is 35.9 Å². The Morgan fingerprint density at radius 2 is 2.10 bits per heavy atom. The first-order chi connectivity index (χ1) is 14.1. The Hall–Kier alpha value is -3.19. The zero-order valence-electron chi connectivity index (χ0n) is 15.8. The standard InChI is InChI=1S/C21H19ClN6O/c1-12-25-26-27-28(12)18-11-3-2-6-15(18)21(29)23-17-10-5-8-14-13-7-4-9-16(22)19(13)24-20(14)17/h2-4,6-7,9,11,17,24H,5,8,10H2,1H3,(H,23,29)/t17-/m1/s1. The van der Waals surface area contributed by atoms with Gasteiger partial charge in [0.2, 0.25) is 0 Å². The molecule has 29 heavy (non-hydrogen) atoms. The van der Waals surface area contributed by atoms with Gasteiger partial charge >= 0.3 is 0 Å². The van der Waals surface area contributed by atoms with Crippen molar-refractivity contribution in [3.63, 3.8) is 0 Å². The quantitative estimate of drug-likeness (QED) is 0.539. The van der Waals surface area contributed by atoms with Gasteiger partial charge in [0, 0.05) is 11.1 Å². The number of aryl methyl sites for hydroxylation is 2. The van der Waals surface area contributed by atoms with Gasteiger partial charge in [-0.1, -0.05) is 35.9 Å². The molecule has 1 aliphatic carbocycles. The number of aromatic nitrogens is 5. The molecule has 0 bridgehead atoms. The first-order valence-corrected chi connectivity index (χ1v) is 9.95. The lowest BCUT2D eigenvalue weighted by atomic mass is 9.91. The summed E-state index contributed by atoms with van der Waals surface area (Å²) in [7, 11) is 0. The number of para-hydroxylation sites is 2. The van der Waals surface area contributed by atoms with Gasteiger partial charge in [0.15, 0.2) is 5.82 Å². The van der Waals surface area contributed by atoms with Gasteiger partial charge in [0.05, 0.1) is 27.8 Å². The second-order valence-corrected chi connectivity index (χ2v) is 7.66. The molecule has 2 heterocycles. The number of nitrogens with zero attached hydrogens (tertiary/aromatic N) is 4. The molecule has 0 fully saturated rings. The number of carbonyl (C=O) groups is 1. The Morgan fingerprint density at radius 1 is 1.24 bits per heavy atom. The fourth-order valence-electron chi connectivity index (χ4n) is 4.14. The van der Waals surface area contributed by atoms with Crippen LogP contribution in [0.3, 0.4) is 0 Å². The van der Waals surface area contributed by atoms with Crippen molar-refractivity contribution in [1.82, 2.24) is 30.5 Å². The molecule has 1 atom stereocenters. The Bertz CT molecular complexity index is 1230. The van der Waals surface area contributed by atoms with E-state index in [1.807, 2.05) is 30.3 Å². The van der Waals surface area contributed by atoms with Crippen LogP contribution in [0.15, 0.2) is 42.5 Å². The molecule has 7 nitrogen and oxygen atoms in total. The molecule has 0 radical (unpaired) electrons. The molecule has 0 spiro atoms. The molecule has 1 amide bonds. The van der Waals surface area contributed by atoms with Crippen molar-refractivity contribution in [2.75, 3.05) is 0 Å². The Labute approximate surface area is 172 Å². The van der Waals surface area contributed by atoms with E-state index in [-0.39, 0.29) is 11.9 Å². The summed E-state index contributed by atoms with van der Waals surface area (Å²) in [5.41, 5.74) is 4.41. The fraction of sp³-hybridized carbons (Fsp3) is 0.238. The monoisotopic (exact) mass is 406 g/mol. The minimum atomic E-state index is -0.155. The van der Waals surface area contributed by atoms with Crippen molar-refractivity contribution < 1.29 is 4.79 Å². The molecule has 2 aromatic heterocycles. The molecular weight excluding hydrogens is 388 g/mol. The van der Waals surface area contributed by atoms with E-state index >= 15 is 0 Å². The van der Waals surface area contributed by atoms with Crippen LogP contribution in [-0.2, 0) is 6.42 Å². The predicted octanol–water partition coefficient (Wildman–Crippen LogP) is 3.91. The van der Waals surface area contributed by atoms with Crippen LogP contribution in [0, 0.1) is 6.92 Å². The van der Waals surface area contributed by atoms with Crippen LogP contribution >= 0.6 is 11.6 Å². The molecule has 2 N–H and O–H groups in total. The van der Waals surface area contributed by atoms with Crippen LogP contribution < -0.4 is 5.32 Å². The number of hydrogen-bond donors (Lipinski definition) is 2. The molecule has 4 aromatic rings. The molecule has 0 unspecified atom stereocenters. The smallest absolute Gasteiger partial charge is 0.254 e. The average Bonchev–Trinajstić information content (AvgIpc) is 3.33. The van der Waals surface area contributed by atoms with Gasteiger partial charge in [-0.25, -0.2) is 0 Å². The number of fused-ring (bicyclic) bond motifs is 3. The lowest BCUT2D eigenvalue weighted by molar-refractivity contribution is 0.0932. The topological polar surface area (TPSA) is 88.5 Å². The zero-order chi connectivity index (χ0) is 20.0. The summed E-state index contributed by atoms with van der Waals surface area (Å²) in [6.45, 7) is 1.80. The van der Waals surface area contributed by atoms with Crippen LogP contribution in [0.4, 0.5) is 0 Å². The maximum absolute atomic E-state index is 13.2. The Balaban J connectivity index is 1.50. The highest BCUT2D eigenvalue weighted by atomic mass is 35.5. The fourth-order valence-corrected chi connectivity index (χ4v) is 4.36. The predicted molar refractivity (Wildman–Crippen MR) is 110 cm³/mol. The molecule has 5 rings (SSSR count). The molecular formula is C21H19ClN6O. The van der Waals surface area contributed by atoms with Gasteiger partial charge in [-0.2, -0.15) is 4.68 Å². The van der Waals surface area contributed by atoms with Crippen molar-refractivity contribution in [2.45, 2.75) is 32.2 Å². The summed E-state index contributed by atoms with van der Waals surface area (Å²) < 4.78 is 1.57. The molecule has 2 aromatic carbocycles. The van der Waals surface area contributed by atoms with Gasteiger partial charge in [-0.15, -0.1) is 5.10 Å². The third kappa shape index (κ3) is 2.98. The van der Waals surface area contributed by atoms with Crippen LogP contribution in [0.5, 0.6) is 0 Å². The first kappa shape index (κ1) is 17.9. The molecule has 8 heteroatoms. The van der Waals surface area contributed by atoms with Crippen molar-refractivity contribution >= 4 is 28.4 Å². The van der Waals surface area contributed by atoms with E-state index in [4.69, 9.17) is 11.6 Å². The summed E-state index contributed by atoms with van der Waals surface area (Å²) in [5.74, 6) is 0.466. The van der Waals surface area contributed by atoms with Crippen molar-refractivity contribution in [2.24, 2.45) is 0 Å². The van der Waals surface area contributed by atoms with E-state index in [2.05, 4.69) is 31.9 Å². The summed E-state index contributed by atoms with van der Waals surface area (Å²) in [5, 5.41) is 16.6. The second kappa shape index (κ2) is 7.00. The van der Waals surface area contributed by atoms with Gasteiger partial charge in [-0.3, -0.25) is 4.79 Å². The maximum atomic E-state index is 13.2. The highest BCUT2D eigenvalue weighted by Crippen LogP contribution is 2.37. The van der Waals surface area contributed by atoms with Crippen LogP contribution in [0.1, 0.15) is 46.3 Å². The number of hydrogen-bond acceptors (Lipinski definition) is 4. The van der Waals surface area contributed by atoms with Gasteiger partial charge in [0.1, 0.15) is 0 Å². The van der Waals surface area contributed by atoms with Crippen LogP contribution in [0.25, 0.3) is 16.6 Å². The Kier molecular flexibility index (Phi) is 4.32. The maximum Gasteiger partial charge on any atom is 0.254 e. The minimum absolute atomic E-state index is 0.0993. The lowest BCUT2D eigenvalue weighted by Crippen LogP contribution is -2.31. The minimum Gasteiger partial charge on any atom is -0.355 e. The third-order valence-corrected chi connectivity index (χ3v) is 5.81. The number of halogens is 1. The summed E-state index contributed by atoms with van der Waals surface area (Å²) in [6, 6.07) is 13.2. The largest absolute Gasteiger partial charge is 0.355 e. The Morgan fingerprint density at radius 3 is 2.93 bits per heavy atom. The summed E-state index contributed by atoms with van der Waals surface area (Å²) in [6.07, 6.45) is 2.85. The zero-order valence-corrected chi connectivity index (χ0v) is 16.6. The highest BCUT2D eigenvalue weighted by Gasteiger charge is 2.27. The van der Waals surface area contributed by atoms with Gasteiger partial charge in [0.25, 0.3) is 5.91 Å². The van der Waals surface area contributed by atoms with Crippen molar-refractivity contribution in [1.29, 1.82) is 0 Å². The van der Waals surface area contributed by atoms with E-state index in [9.17, 15) is 4.79 Å². The number of rotatable bonds is 3. The summed E-state index contributed by atoms with van der Waals surface area (Å²) in [4.78, 5) is 16.7. The second-order valence-electron chi connectivity index (χ2n) is 7.25. The number of aromatic amines is 1. The number of H-pyrrole nitrogens is 1. The third-order valence-electron chi connectivity index (χ3n) is 5.50. The van der Waals surface area contributed by atoms with Crippen molar-refractivity contribution in [3.8, 4) is 5.69 Å². The first-order valence-electron chi connectivity index (χ1n) is 9.57. The highest BCUT2D eigenvalue weighted by molar-refractivity contribution is 6.35. The number of carbonyl (C=O) groups excluding carboxylic acids is 1. The molecule has 1 aliphatic rings. The number of nitrogens with one attached hydrogen (secondary N) is 2. The number of tetrazole rings is 1. The van der Waals surface area contributed by atoms with Gasteiger partial charge in [-0.05, 0) is 60.4 Å². The van der Waals surface area contributed by atoms with Gasteiger partial charge < -0.3 is 10.3 Å². The number of benzene rings is 2. The summed E-state index contributed by atoms with van der Waals surface area (Å²) >= 11 is 6.38. The molecule has 146 valence electrons. The van der Waals surface area contributed by atoms with Crippen LogP contribution in [0.2, 0.25) is 5.02 Å². The van der Waals surface area contributed by atoms with E-state index in [1.165, 1.54) is 5.56 Å². The van der Waals surface area contributed by atoms with Crippen LogP contribution in [-0.4, -0.2) is 31.1 Å². The molecule has 0 aliphatic heterocycles. The molecule has 0 saturated carbocycles. The normalized spacial score (nSPS) is 16.0. The van der Waals surface area contributed by atoms with E-state index in [1.54, 1.807) is 17.7 Å². The van der Waals surface area contributed by atoms with E-state index in [0.29, 0.717) is 22.1 Å².